The first kappa shape index (κ1) is 24.5. The summed E-state index contributed by atoms with van der Waals surface area (Å²) in [5.74, 6) is -0.877. The first-order valence-corrected chi connectivity index (χ1v) is 12.6. The maximum absolute atomic E-state index is 13.8. The summed E-state index contributed by atoms with van der Waals surface area (Å²) in [6.07, 6.45) is 3.36. The molecule has 36 heavy (non-hydrogen) atoms. The van der Waals surface area contributed by atoms with Crippen LogP contribution in [0.5, 0.6) is 5.75 Å². The Morgan fingerprint density at radius 3 is 2.53 bits per heavy atom. The number of ether oxygens (including phenoxy) is 1. The molecular weight excluding hydrogens is 463 g/mol. The van der Waals surface area contributed by atoms with E-state index in [4.69, 9.17) is 4.74 Å². The molecule has 2 aliphatic carbocycles. The number of para-hydroxylation sites is 1. The van der Waals surface area contributed by atoms with Crippen molar-refractivity contribution in [2.75, 3.05) is 13.2 Å². The van der Waals surface area contributed by atoms with Crippen molar-refractivity contribution in [3.63, 3.8) is 0 Å². The summed E-state index contributed by atoms with van der Waals surface area (Å²) in [5.41, 5.74) is 1.93. The lowest BCUT2D eigenvalue weighted by atomic mass is 9.77. The van der Waals surface area contributed by atoms with E-state index in [2.05, 4.69) is 5.32 Å². The molecule has 1 aliphatic heterocycles. The third-order valence-corrected chi connectivity index (χ3v) is 7.49. The van der Waals surface area contributed by atoms with E-state index < -0.39 is 24.2 Å². The topological polar surface area (TPSA) is 99.1 Å². The van der Waals surface area contributed by atoms with Crippen molar-refractivity contribution in [1.82, 2.24) is 10.2 Å². The van der Waals surface area contributed by atoms with E-state index in [-0.39, 0.29) is 43.2 Å². The number of amides is 2. The second kappa shape index (κ2) is 10.4. The molecule has 3 aliphatic rings. The molecule has 2 amide bonds. The van der Waals surface area contributed by atoms with Gasteiger partial charge in [0.2, 0.25) is 11.8 Å². The number of fused-ring (bicyclic) bond motifs is 3. The zero-order chi connectivity index (χ0) is 25.2. The Bertz CT molecular complexity index is 1140. The molecule has 1 saturated carbocycles. The van der Waals surface area contributed by atoms with Crippen LogP contribution >= 0.6 is 0 Å². The second-order valence-corrected chi connectivity index (χ2v) is 9.75. The number of carbonyl (C=O) groups excluding carboxylic acids is 2. The number of hydrogen-bond acceptors (Lipinski definition) is 5. The molecule has 0 aromatic heterocycles. The van der Waals surface area contributed by atoms with Gasteiger partial charge in [-0.2, -0.15) is 0 Å². The summed E-state index contributed by atoms with van der Waals surface area (Å²) >= 11 is 0. The van der Waals surface area contributed by atoms with Crippen molar-refractivity contribution in [2.24, 2.45) is 5.92 Å². The number of aliphatic hydroxyl groups is 2. The van der Waals surface area contributed by atoms with E-state index in [0.29, 0.717) is 11.3 Å². The Morgan fingerprint density at radius 1 is 1.08 bits per heavy atom. The van der Waals surface area contributed by atoms with Crippen LogP contribution in [0.15, 0.2) is 60.2 Å². The van der Waals surface area contributed by atoms with Crippen molar-refractivity contribution >= 4 is 11.8 Å². The van der Waals surface area contributed by atoms with Crippen LogP contribution in [0, 0.1) is 11.7 Å². The number of aliphatic hydroxyl groups excluding tert-OH is 2. The summed E-state index contributed by atoms with van der Waals surface area (Å²) in [5, 5.41) is 23.5. The zero-order valence-corrected chi connectivity index (χ0v) is 20.0. The fourth-order valence-electron chi connectivity index (χ4n) is 5.72. The molecular formula is C28H31FN2O5. The predicted molar refractivity (Wildman–Crippen MR) is 130 cm³/mol. The quantitative estimate of drug-likeness (QED) is 0.550. The summed E-state index contributed by atoms with van der Waals surface area (Å²) in [7, 11) is 0. The predicted octanol–water partition coefficient (Wildman–Crippen LogP) is 2.67. The molecule has 3 N–H and O–H groups in total. The Morgan fingerprint density at radius 2 is 1.81 bits per heavy atom. The van der Waals surface area contributed by atoms with Gasteiger partial charge in [0.1, 0.15) is 23.8 Å². The highest BCUT2D eigenvalue weighted by molar-refractivity contribution is 5.96. The molecule has 1 heterocycles. The average molecular weight is 495 g/mol. The SMILES string of the molecule is O=C(NCCO)C1=C[C@@H](N(Cc2ccc(F)cc2)C(=O)C2CCCC2)[C@H](O)[C@H]2Oc3ccccc3[C@@H]12. The minimum absolute atomic E-state index is 0.0822. The summed E-state index contributed by atoms with van der Waals surface area (Å²) in [4.78, 5) is 28.6. The highest BCUT2D eigenvalue weighted by atomic mass is 19.1. The Labute approximate surface area is 209 Å². The van der Waals surface area contributed by atoms with Crippen LogP contribution in [0.25, 0.3) is 0 Å². The Hall–Kier alpha value is -3.23. The molecule has 0 spiro atoms. The maximum atomic E-state index is 13.8. The van der Waals surface area contributed by atoms with E-state index in [9.17, 15) is 24.2 Å². The number of carbonyl (C=O) groups is 2. The Kier molecular flexibility index (Phi) is 7.07. The van der Waals surface area contributed by atoms with Gasteiger partial charge in [-0.15, -0.1) is 0 Å². The van der Waals surface area contributed by atoms with Gasteiger partial charge in [-0.1, -0.05) is 43.2 Å². The van der Waals surface area contributed by atoms with E-state index in [1.807, 2.05) is 18.2 Å². The van der Waals surface area contributed by atoms with Crippen LogP contribution < -0.4 is 10.1 Å². The van der Waals surface area contributed by atoms with E-state index in [1.165, 1.54) is 12.1 Å². The van der Waals surface area contributed by atoms with Gasteiger partial charge in [-0.3, -0.25) is 9.59 Å². The number of benzene rings is 2. The van der Waals surface area contributed by atoms with Gasteiger partial charge < -0.3 is 25.2 Å². The standard InChI is InChI=1S/C28H31FN2O5/c29-19-11-9-17(10-12-19)16-31(28(35)18-5-1-2-6-18)22-15-21(27(34)30-13-14-32)24-20-7-3-4-8-23(20)36-26(24)25(22)33/h3-4,7-12,15,18,22,24-26,32-33H,1-2,5-6,13-14,16H2,(H,30,34)/t22-,24+,25+,26+/m1/s1. The highest BCUT2D eigenvalue weighted by Crippen LogP contribution is 2.47. The molecule has 0 unspecified atom stereocenters. The maximum Gasteiger partial charge on any atom is 0.247 e. The van der Waals surface area contributed by atoms with Gasteiger partial charge in [0.15, 0.2) is 0 Å². The molecule has 4 atom stereocenters. The minimum atomic E-state index is -1.08. The van der Waals surface area contributed by atoms with Gasteiger partial charge in [0, 0.05) is 30.1 Å². The molecule has 0 bridgehead atoms. The van der Waals surface area contributed by atoms with Crippen LogP contribution in [0.4, 0.5) is 4.39 Å². The van der Waals surface area contributed by atoms with E-state index in [1.54, 1.807) is 29.2 Å². The molecule has 7 nitrogen and oxygen atoms in total. The summed E-state index contributed by atoms with van der Waals surface area (Å²) in [6.45, 7) is 0.0520. The molecule has 190 valence electrons. The molecule has 2 aromatic carbocycles. The first-order chi connectivity index (χ1) is 17.5. The zero-order valence-electron chi connectivity index (χ0n) is 20.0. The van der Waals surface area contributed by atoms with Gasteiger partial charge in [0.25, 0.3) is 0 Å². The largest absolute Gasteiger partial charge is 0.486 e. The Balaban J connectivity index is 1.55. The molecule has 8 heteroatoms. The van der Waals surface area contributed by atoms with Gasteiger partial charge in [-0.05, 0) is 42.7 Å². The van der Waals surface area contributed by atoms with Crippen LogP contribution in [0.1, 0.15) is 42.7 Å². The van der Waals surface area contributed by atoms with Crippen molar-refractivity contribution in [2.45, 2.75) is 56.4 Å². The lowest BCUT2D eigenvalue weighted by Crippen LogP contribution is -2.56. The first-order valence-electron chi connectivity index (χ1n) is 12.6. The van der Waals surface area contributed by atoms with Gasteiger partial charge >= 0.3 is 0 Å². The van der Waals surface area contributed by atoms with Gasteiger partial charge in [0.05, 0.1) is 18.6 Å². The number of rotatable bonds is 7. The third-order valence-electron chi connectivity index (χ3n) is 7.49. The fourth-order valence-corrected chi connectivity index (χ4v) is 5.72. The van der Waals surface area contributed by atoms with Gasteiger partial charge in [-0.25, -0.2) is 4.39 Å². The van der Waals surface area contributed by atoms with Crippen molar-refractivity contribution in [1.29, 1.82) is 0 Å². The van der Waals surface area contributed by atoms with Crippen LogP contribution in [-0.2, 0) is 16.1 Å². The average Bonchev–Trinajstić information content (AvgIpc) is 3.56. The number of nitrogens with one attached hydrogen (secondary N) is 1. The summed E-state index contributed by atoms with van der Waals surface area (Å²) in [6, 6.07) is 12.5. The molecule has 1 fully saturated rings. The number of hydrogen-bond donors (Lipinski definition) is 3. The van der Waals surface area contributed by atoms with Crippen molar-refractivity contribution < 1.29 is 28.9 Å². The van der Waals surface area contributed by atoms with Crippen LogP contribution in [-0.4, -0.2) is 58.3 Å². The molecule has 2 aromatic rings. The van der Waals surface area contributed by atoms with Crippen molar-refractivity contribution in [3.8, 4) is 5.75 Å². The summed E-state index contributed by atoms with van der Waals surface area (Å²) < 4.78 is 19.7. The fraction of sp³-hybridized carbons (Fsp3) is 0.429. The monoisotopic (exact) mass is 494 g/mol. The third kappa shape index (κ3) is 4.63. The minimum Gasteiger partial charge on any atom is -0.486 e. The molecule has 5 rings (SSSR count). The van der Waals surface area contributed by atoms with E-state index >= 15 is 0 Å². The lowest BCUT2D eigenvalue weighted by molar-refractivity contribution is -0.142. The molecule has 0 saturated heterocycles. The second-order valence-electron chi connectivity index (χ2n) is 9.75. The number of halogens is 1. The van der Waals surface area contributed by atoms with Crippen LogP contribution in [0.2, 0.25) is 0 Å². The van der Waals surface area contributed by atoms with E-state index in [0.717, 1.165) is 36.8 Å². The lowest BCUT2D eigenvalue weighted by Gasteiger charge is -2.41. The normalized spacial score (nSPS) is 24.9. The highest BCUT2D eigenvalue weighted by Gasteiger charge is 2.50. The van der Waals surface area contributed by atoms with Crippen molar-refractivity contribution in [3.05, 3.63) is 77.1 Å². The smallest absolute Gasteiger partial charge is 0.247 e. The number of nitrogens with zero attached hydrogens (tertiary/aromatic N) is 1. The molecule has 0 radical (unpaired) electrons. The van der Waals surface area contributed by atoms with Crippen LogP contribution in [0.3, 0.4) is 0 Å².